The lowest BCUT2D eigenvalue weighted by Gasteiger charge is -2.14. The van der Waals surface area contributed by atoms with Crippen molar-refractivity contribution < 1.29 is 9.90 Å². The summed E-state index contributed by atoms with van der Waals surface area (Å²) in [7, 11) is 0. The van der Waals surface area contributed by atoms with Crippen molar-refractivity contribution in [2.24, 2.45) is 5.92 Å². The van der Waals surface area contributed by atoms with E-state index in [9.17, 15) is 9.90 Å². The second kappa shape index (κ2) is 7.57. The summed E-state index contributed by atoms with van der Waals surface area (Å²) in [6, 6.07) is 7.09. The van der Waals surface area contributed by atoms with Crippen LogP contribution in [0.5, 0.6) is 0 Å². The number of nitrogens with one attached hydrogen (secondary N) is 1. The Balaban J connectivity index is 2.04. The highest BCUT2D eigenvalue weighted by Gasteiger charge is 2.17. The summed E-state index contributed by atoms with van der Waals surface area (Å²) in [6.07, 6.45) is 0.0729. The highest BCUT2D eigenvalue weighted by atomic mass is 35.5. The summed E-state index contributed by atoms with van der Waals surface area (Å²) in [5.41, 5.74) is 1.49. The lowest BCUT2D eigenvalue weighted by atomic mass is 10.0. The van der Waals surface area contributed by atoms with Crippen LogP contribution in [0.4, 0.5) is 0 Å². The molecular formula is C16H21ClN4O2. The van der Waals surface area contributed by atoms with Crippen molar-refractivity contribution in [3.05, 3.63) is 40.7 Å². The average Bonchev–Trinajstić information content (AvgIpc) is 2.89. The Morgan fingerprint density at radius 1 is 1.39 bits per heavy atom. The molecule has 6 nitrogen and oxygen atoms in total. The first-order valence-electron chi connectivity index (χ1n) is 7.54. The van der Waals surface area contributed by atoms with Gasteiger partial charge < -0.3 is 10.4 Å². The highest BCUT2D eigenvalue weighted by Crippen LogP contribution is 2.14. The van der Waals surface area contributed by atoms with Gasteiger partial charge in [0.05, 0.1) is 17.5 Å². The van der Waals surface area contributed by atoms with E-state index in [1.807, 2.05) is 19.9 Å². The smallest absolute Gasteiger partial charge is 0.273 e. The molecule has 2 rings (SSSR count). The molecule has 0 aliphatic rings. The predicted molar refractivity (Wildman–Crippen MR) is 88.9 cm³/mol. The number of hydrogen-bond donors (Lipinski definition) is 2. The van der Waals surface area contributed by atoms with E-state index in [-0.39, 0.29) is 17.5 Å². The molecule has 0 saturated carbocycles. The Morgan fingerprint density at radius 3 is 2.78 bits per heavy atom. The summed E-state index contributed by atoms with van der Waals surface area (Å²) in [5, 5.41) is 21.6. The maximum absolute atomic E-state index is 12.2. The van der Waals surface area contributed by atoms with E-state index in [4.69, 9.17) is 11.6 Å². The number of nitrogens with zero attached hydrogens (tertiary/aromatic N) is 3. The summed E-state index contributed by atoms with van der Waals surface area (Å²) >= 11 is 5.96. The maximum atomic E-state index is 12.2. The number of rotatable bonds is 6. The number of aromatic nitrogens is 3. The van der Waals surface area contributed by atoms with Crippen LogP contribution < -0.4 is 5.32 Å². The normalized spacial score (nSPS) is 12.4. The van der Waals surface area contributed by atoms with Crippen molar-refractivity contribution in [3.63, 3.8) is 0 Å². The lowest BCUT2D eigenvalue weighted by molar-refractivity contribution is 0.0914. The molecule has 2 N–H and O–H groups in total. The number of aliphatic hydroxyl groups excluding tert-OH is 1. The summed E-state index contributed by atoms with van der Waals surface area (Å²) in [4.78, 5) is 13.6. The van der Waals surface area contributed by atoms with Crippen molar-refractivity contribution in [2.45, 2.75) is 33.3 Å². The fourth-order valence-electron chi connectivity index (χ4n) is 2.06. The number of hydrogen-bond acceptors (Lipinski definition) is 4. The van der Waals surface area contributed by atoms with Crippen LogP contribution in [0.25, 0.3) is 5.69 Å². The Kier molecular flexibility index (Phi) is 5.74. The predicted octanol–water partition coefficient (Wildman–Crippen LogP) is 2.37. The number of benzene rings is 1. The summed E-state index contributed by atoms with van der Waals surface area (Å²) < 4.78 is 0. The van der Waals surface area contributed by atoms with Crippen molar-refractivity contribution in [1.29, 1.82) is 0 Å². The maximum Gasteiger partial charge on any atom is 0.273 e. The minimum absolute atomic E-state index is 0.164. The van der Waals surface area contributed by atoms with Crippen LogP contribution >= 0.6 is 11.6 Å². The van der Waals surface area contributed by atoms with Crippen molar-refractivity contribution >= 4 is 17.5 Å². The van der Waals surface area contributed by atoms with Gasteiger partial charge in [-0.15, -0.1) is 5.10 Å². The first-order chi connectivity index (χ1) is 10.9. The van der Waals surface area contributed by atoms with Gasteiger partial charge in [0.15, 0.2) is 5.69 Å². The van der Waals surface area contributed by atoms with Gasteiger partial charge in [-0.1, -0.05) is 31.5 Å². The zero-order valence-electron chi connectivity index (χ0n) is 13.5. The largest absolute Gasteiger partial charge is 0.393 e. The molecule has 1 atom stereocenters. The number of carbonyl (C=O) groups excluding carboxylic acids is 1. The van der Waals surface area contributed by atoms with Crippen LogP contribution in [-0.4, -0.2) is 38.7 Å². The van der Waals surface area contributed by atoms with Gasteiger partial charge >= 0.3 is 0 Å². The fourth-order valence-corrected chi connectivity index (χ4v) is 2.24. The van der Waals surface area contributed by atoms with E-state index in [2.05, 4.69) is 15.5 Å². The molecule has 1 amide bonds. The van der Waals surface area contributed by atoms with E-state index < -0.39 is 6.10 Å². The second-order valence-electron chi connectivity index (χ2n) is 5.76. The molecule has 0 saturated heterocycles. The number of amides is 1. The topological polar surface area (TPSA) is 80.0 Å². The number of carbonyl (C=O) groups is 1. The van der Waals surface area contributed by atoms with Gasteiger partial charge in [-0.2, -0.15) is 9.90 Å². The zero-order valence-corrected chi connectivity index (χ0v) is 14.2. The first-order valence-corrected chi connectivity index (χ1v) is 7.92. The second-order valence-corrected chi connectivity index (χ2v) is 6.20. The van der Waals surface area contributed by atoms with E-state index >= 15 is 0 Å². The van der Waals surface area contributed by atoms with Crippen LogP contribution in [0.3, 0.4) is 0 Å². The Hall–Kier alpha value is -1.92. The summed E-state index contributed by atoms with van der Waals surface area (Å²) in [5.74, 6) is -0.135. The third kappa shape index (κ3) is 4.53. The van der Waals surface area contributed by atoms with E-state index in [1.54, 1.807) is 25.1 Å². The highest BCUT2D eigenvalue weighted by molar-refractivity contribution is 6.30. The van der Waals surface area contributed by atoms with E-state index in [0.29, 0.717) is 29.4 Å². The molecular weight excluding hydrogens is 316 g/mol. The number of aliphatic hydroxyl groups is 1. The Bertz CT molecular complexity index is 684. The van der Waals surface area contributed by atoms with Crippen molar-refractivity contribution in [1.82, 2.24) is 20.3 Å². The molecule has 0 bridgehead atoms. The van der Waals surface area contributed by atoms with Crippen molar-refractivity contribution in [2.75, 3.05) is 6.54 Å². The van der Waals surface area contributed by atoms with Gasteiger partial charge in [0.1, 0.15) is 0 Å². The minimum atomic E-state index is -0.432. The Labute approximate surface area is 140 Å². The third-order valence-electron chi connectivity index (χ3n) is 3.53. The zero-order chi connectivity index (χ0) is 17.0. The summed E-state index contributed by atoms with van der Waals surface area (Å²) in [6.45, 7) is 5.99. The molecule has 1 heterocycles. The molecule has 0 aliphatic carbocycles. The molecule has 1 unspecified atom stereocenters. The van der Waals surface area contributed by atoms with Gasteiger partial charge in [0, 0.05) is 11.6 Å². The van der Waals surface area contributed by atoms with Crippen LogP contribution in [0.1, 0.15) is 36.5 Å². The van der Waals surface area contributed by atoms with Gasteiger partial charge in [-0.25, -0.2) is 0 Å². The minimum Gasteiger partial charge on any atom is -0.393 e. The molecule has 0 aliphatic heterocycles. The van der Waals surface area contributed by atoms with E-state index in [1.165, 1.54) is 4.80 Å². The molecule has 0 spiro atoms. The molecule has 23 heavy (non-hydrogen) atoms. The molecule has 124 valence electrons. The molecule has 0 radical (unpaired) electrons. The third-order valence-corrected chi connectivity index (χ3v) is 3.77. The molecule has 2 aromatic rings. The average molecular weight is 337 g/mol. The SMILES string of the molecule is Cc1nn(-c2cccc(Cl)c2)nc1C(=O)NCCC(O)C(C)C. The van der Waals surface area contributed by atoms with Crippen molar-refractivity contribution in [3.8, 4) is 5.69 Å². The van der Waals surface area contributed by atoms with Crippen LogP contribution in [0, 0.1) is 12.8 Å². The van der Waals surface area contributed by atoms with E-state index in [0.717, 1.165) is 0 Å². The van der Waals surface area contributed by atoms with Crippen LogP contribution in [-0.2, 0) is 0 Å². The molecule has 1 aromatic heterocycles. The number of halogens is 1. The quantitative estimate of drug-likeness (QED) is 0.848. The van der Waals surface area contributed by atoms with Gasteiger partial charge in [0.2, 0.25) is 0 Å². The molecule has 0 fully saturated rings. The number of aryl methyl sites for hydroxylation is 1. The van der Waals surface area contributed by atoms with Crippen LogP contribution in [0.2, 0.25) is 5.02 Å². The standard InChI is InChI=1S/C16H21ClN4O2/c1-10(2)14(22)7-8-18-16(23)15-11(3)19-21(20-15)13-6-4-5-12(17)9-13/h4-6,9-10,14,22H,7-8H2,1-3H3,(H,18,23). The lowest BCUT2D eigenvalue weighted by Crippen LogP contribution is -2.29. The molecule has 1 aromatic carbocycles. The van der Waals surface area contributed by atoms with Gasteiger partial charge in [-0.05, 0) is 37.5 Å². The van der Waals surface area contributed by atoms with Gasteiger partial charge in [0.25, 0.3) is 5.91 Å². The van der Waals surface area contributed by atoms with Crippen LogP contribution in [0.15, 0.2) is 24.3 Å². The monoisotopic (exact) mass is 336 g/mol. The Morgan fingerprint density at radius 2 is 2.13 bits per heavy atom. The fraction of sp³-hybridized carbons (Fsp3) is 0.438. The molecule has 7 heteroatoms. The first kappa shape index (κ1) is 17.4. The van der Waals surface area contributed by atoms with Gasteiger partial charge in [-0.3, -0.25) is 4.79 Å².